The number of aromatic nitrogens is 2. The van der Waals surface area contributed by atoms with Crippen LogP contribution in [0.4, 0.5) is 5.82 Å². The second-order valence-corrected chi connectivity index (χ2v) is 3.88. The third-order valence-corrected chi connectivity index (χ3v) is 2.58. The third kappa shape index (κ3) is 3.42. The Hall–Kier alpha value is -2.16. The van der Waals surface area contributed by atoms with Gasteiger partial charge in [-0.2, -0.15) is 10.4 Å². The number of carbonyl (C=O) groups is 1. The van der Waals surface area contributed by atoms with Gasteiger partial charge in [-0.15, -0.1) is 5.10 Å². The predicted octanol–water partition coefficient (Wildman–Crippen LogP) is 0.903. The SMILES string of the molecule is CCNC(=O)CCNc1nnc(C)c(C)c1C#N. The van der Waals surface area contributed by atoms with Gasteiger partial charge in [0.25, 0.3) is 0 Å². The zero-order valence-electron chi connectivity index (χ0n) is 10.9. The standard InChI is InChI=1S/C12H17N5O/c1-4-14-11(18)5-6-15-12-10(7-13)8(2)9(3)16-17-12/h4-6H2,1-3H3,(H,14,18)(H,15,17). The van der Waals surface area contributed by atoms with Crippen LogP contribution in [-0.4, -0.2) is 29.2 Å². The quantitative estimate of drug-likeness (QED) is 0.806. The van der Waals surface area contributed by atoms with Crippen molar-refractivity contribution in [1.29, 1.82) is 5.26 Å². The van der Waals surface area contributed by atoms with Crippen molar-refractivity contribution in [1.82, 2.24) is 15.5 Å². The van der Waals surface area contributed by atoms with Gasteiger partial charge < -0.3 is 10.6 Å². The van der Waals surface area contributed by atoms with Crippen molar-refractivity contribution in [3.8, 4) is 6.07 Å². The molecule has 0 fully saturated rings. The van der Waals surface area contributed by atoms with E-state index in [9.17, 15) is 4.79 Å². The van der Waals surface area contributed by atoms with Crippen molar-refractivity contribution in [3.05, 3.63) is 16.8 Å². The van der Waals surface area contributed by atoms with Gasteiger partial charge in [0.05, 0.1) is 5.69 Å². The summed E-state index contributed by atoms with van der Waals surface area (Å²) in [6.45, 7) is 6.55. The fourth-order valence-electron chi connectivity index (χ4n) is 1.45. The van der Waals surface area contributed by atoms with Crippen LogP contribution >= 0.6 is 0 Å². The van der Waals surface area contributed by atoms with Crippen molar-refractivity contribution in [2.24, 2.45) is 0 Å². The lowest BCUT2D eigenvalue weighted by Crippen LogP contribution is -2.25. The Morgan fingerprint density at radius 3 is 2.72 bits per heavy atom. The number of nitriles is 1. The van der Waals surface area contributed by atoms with Crippen LogP contribution in [0, 0.1) is 25.2 Å². The van der Waals surface area contributed by atoms with Gasteiger partial charge in [0.1, 0.15) is 11.6 Å². The molecule has 18 heavy (non-hydrogen) atoms. The molecule has 6 nitrogen and oxygen atoms in total. The molecule has 0 saturated carbocycles. The minimum atomic E-state index is -0.0275. The van der Waals surface area contributed by atoms with E-state index in [-0.39, 0.29) is 5.91 Å². The Morgan fingerprint density at radius 2 is 2.11 bits per heavy atom. The number of amides is 1. The van der Waals surface area contributed by atoms with Crippen molar-refractivity contribution in [2.45, 2.75) is 27.2 Å². The smallest absolute Gasteiger partial charge is 0.221 e. The number of rotatable bonds is 5. The minimum absolute atomic E-state index is 0.0275. The van der Waals surface area contributed by atoms with Crippen LogP contribution in [0.2, 0.25) is 0 Å². The first-order valence-electron chi connectivity index (χ1n) is 5.84. The Kier molecular flexibility index (Phi) is 5.06. The van der Waals surface area contributed by atoms with E-state index in [0.717, 1.165) is 11.3 Å². The van der Waals surface area contributed by atoms with E-state index in [2.05, 4.69) is 26.9 Å². The number of hydrogen-bond acceptors (Lipinski definition) is 5. The molecule has 1 aromatic heterocycles. The number of nitrogens with one attached hydrogen (secondary N) is 2. The highest BCUT2D eigenvalue weighted by molar-refractivity contribution is 5.76. The van der Waals surface area contributed by atoms with E-state index in [1.165, 1.54) is 0 Å². The molecule has 0 unspecified atom stereocenters. The summed E-state index contributed by atoms with van der Waals surface area (Å²) in [4.78, 5) is 11.3. The first-order valence-corrected chi connectivity index (χ1v) is 5.84. The lowest BCUT2D eigenvalue weighted by Gasteiger charge is -2.09. The normalized spacial score (nSPS) is 9.67. The van der Waals surface area contributed by atoms with E-state index in [0.29, 0.717) is 30.9 Å². The van der Waals surface area contributed by atoms with Crippen molar-refractivity contribution in [3.63, 3.8) is 0 Å². The maximum Gasteiger partial charge on any atom is 0.221 e. The van der Waals surface area contributed by atoms with E-state index < -0.39 is 0 Å². The summed E-state index contributed by atoms with van der Waals surface area (Å²) < 4.78 is 0. The van der Waals surface area contributed by atoms with Crippen LogP contribution in [0.3, 0.4) is 0 Å². The Labute approximate surface area is 106 Å². The molecule has 0 radical (unpaired) electrons. The molecule has 0 atom stereocenters. The highest BCUT2D eigenvalue weighted by Gasteiger charge is 2.10. The molecule has 0 aromatic carbocycles. The van der Waals surface area contributed by atoms with Crippen LogP contribution in [0.5, 0.6) is 0 Å². The zero-order valence-corrected chi connectivity index (χ0v) is 10.9. The fourth-order valence-corrected chi connectivity index (χ4v) is 1.45. The first-order chi connectivity index (χ1) is 8.60. The summed E-state index contributed by atoms with van der Waals surface area (Å²) in [5, 5.41) is 22.6. The van der Waals surface area contributed by atoms with Gasteiger partial charge in [0.2, 0.25) is 5.91 Å². The number of anilines is 1. The summed E-state index contributed by atoms with van der Waals surface area (Å²) in [6, 6.07) is 2.10. The summed E-state index contributed by atoms with van der Waals surface area (Å²) in [5.41, 5.74) is 2.03. The topological polar surface area (TPSA) is 90.7 Å². The summed E-state index contributed by atoms with van der Waals surface area (Å²) in [7, 11) is 0. The molecule has 1 amide bonds. The highest BCUT2D eigenvalue weighted by atomic mass is 16.1. The van der Waals surface area contributed by atoms with Crippen LogP contribution in [0.25, 0.3) is 0 Å². The van der Waals surface area contributed by atoms with E-state index in [1.807, 2.05) is 20.8 Å². The molecule has 0 aliphatic carbocycles. The minimum Gasteiger partial charge on any atom is -0.367 e. The van der Waals surface area contributed by atoms with E-state index >= 15 is 0 Å². The summed E-state index contributed by atoms with van der Waals surface area (Å²) >= 11 is 0. The molecular weight excluding hydrogens is 230 g/mol. The molecule has 0 aliphatic rings. The summed E-state index contributed by atoms with van der Waals surface area (Å²) in [5.74, 6) is 0.408. The summed E-state index contributed by atoms with van der Waals surface area (Å²) in [6.07, 6.45) is 0.341. The van der Waals surface area contributed by atoms with Crippen molar-refractivity contribution >= 4 is 11.7 Å². The Bertz CT molecular complexity index is 478. The molecule has 1 rings (SSSR count). The third-order valence-electron chi connectivity index (χ3n) is 2.58. The average molecular weight is 247 g/mol. The molecule has 1 heterocycles. The molecule has 0 aliphatic heterocycles. The van der Waals surface area contributed by atoms with Gasteiger partial charge in [0, 0.05) is 19.5 Å². The van der Waals surface area contributed by atoms with Gasteiger partial charge in [-0.05, 0) is 26.3 Å². The largest absolute Gasteiger partial charge is 0.367 e. The van der Waals surface area contributed by atoms with E-state index in [4.69, 9.17) is 5.26 Å². The molecule has 2 N–H and O–H groups in total. The average Bonchev–Trinajstić information content (AvgIpc) is 2.34. The molecule has 0 bridgehead atoms. The molecule has 96 valence electrons. The van der Waals surface area contributed by atoms with Crippen LogP contribution in [0.1, 0.15) is 30.2 Å². The second-order valence-electron chi connectivity index (χ2n) is 3.88. The van der Waals surface area contributed by atoms with Crippen LogP contribution in [0.15, 0.2) is 0 Å². The molecule has 6 heteroatoms. The van der Waals surface area contributed by atoms with Gasteiger partial charge in [0.15, 0.2) is 5.82 Å². The highest BCUT2D eigenvalue weighted by Crippen LogP contribution is 2.16. The first kappa shape index (κ1) is 13.9. The van der Waals surface area contributed by atoms with Crippen LogP contribution in [-0.2, 0) is 4.79 Å². The second kappa shape index (κ2) is 6.55. The lowest BCUT2D eigenvalue weighted by molar-refractivity contribution is -0.120. The molecule has 1 aromatic rings. The monoisotopic (exact) mass is 247 g/mol. The van der Waals surface area contributed by atoms with Crippen molar-refractivity contribution < 1.29 is 4.79 Å². The molecule has 0 saturated heterocycles. The lowest BCUT2D eigenvalue weighted by atomic mass is 10.1. The zero-order chi connectivity index (χ0) is 13.5. The maximum atomic E-state index is 11.3. The molecular formula is C12H17N5O. The number of carbonyl (C=O) groups excluding carboxylic acids is 1. The Morgan fingerprint density at radius 1 is 1.39 bits per heavy atom. The maximum absolute atomic E-state index is 11.3. The van der Waals surface area contributed by atoms with Crippen molar-refractivity contribution in [2.75, 3.05) is 18.4 Å². The number of aryl methyl sites for hydroxylation is 1. The van der Waals surface area contributed by atoms with Gasteiger partial charge in [-0.3, -0.25) is 4.79 Å². The fraction of sp³-hybridized carbons (Fsp3) is 0.500. The Balaban J connectivity index is 2.66. The number of nitrogens with zero attached hydrogens (tertiary/aromatic N) is 3. The van der Waals surface area contributed by atoms with Gasteiger partial charge >= 0.3 is 0 Å². The van der Waals surface area contributed by atoms with E-state index in [1.54, 1.807) is 0 Å². The van der Waals surface area contributed by atoms with Gasteiger partial charge in [-0.1, -0.05) is 0 Å². The number of hydrogen-bond donors (Lipinski definition) is 2. The molecule has 0 spiro atoms. The van der Waals surface area contributed by atoms with Gasteiger partial charge in [-0.25, -0.2) is 0 Å². The predicted molar refractivity (Wildman–Crippen MR) is 68.0 cm³/mol. The van der Waals surface area contributed by atoms with Crippen LogP contribution < -0.4 is 10.6 Å².